The van der Waals surface area contributed by atoms with Gasteiger partial charge in [0.2, 0.25) is 5.91 Å². The lowest BCUT2D eigenvalue weighted by Gasteiger charge is -2.10. The summed E-state index contributed by atoms with van der Waals surface area (Å²) in [4.78, 5) is 11.3. The molecule has 0 bridgehead atoms. The number of carbonyl (C=O) groups excluding carboxylic acids is 1. The predicted molar refractivity (Wildman–Crippen MR) is 61.6 cm³/mol. The molecule has 0 saturated carbocycles. The molecule has 1 amide bonds. The number of nitrogens with two attached hydrogens (primary N) is 1. The molecule has 0 heterocycles. The zero-order valence-electron chi connectivity index (χ0n) is 9.87. The van der Waals surface area contributed by atoms with Crippen LogP contribution in [0.25, 0.3) is 0 Å². The van der Waals surface area contributed by atoms with Crippen molar-refractivity contribution in [1.29, 1.82) is 0 Å². The van der Waals surface area contributed by atoms with E-state index in [2.05, 4.69) is 10.1 Å². The van der Waals surface area contributed by atoms with Crippen LogP contribution in [0.2, 0.25) is 0 Å². The van der Waals surface area contributed by atoms with Crippen LogP contribution in [0.5, 0.6) is 5.75 Å². The number of benzene rings is 1. The molecule has 0 aliphatic carbocycles. The minimum atomic E-state index is -4.74. The van der Waals surface area contributed by atoms with Gasteiger partial charge in [-0.25, -0.2) is 0 Å². The number of rotatable bonds is 6. The second-order valence-electron chi connectivity index (χ2n) is 3.46. The van der Waals surface area contributed by atoms with Crippen molar-refractivity contribution < 1.29 is 27.4 Å². The van der Waals surface area contributed by atoms with E-state index in [4.69, 9.17) is 10.5 Å². The second-order valence-corrected chi connectivity index (χ2v) is 3.46. The number of alkyl halides is 3. The second kappa shape index (κ2) is 6.95. The maximum atomic E-state index is 11.9. The van der Waals surface area contributed by atoms with Crippen LogP contribution >= 0.6 is 0 Å². The summed E-state index contributed by atoms with van der Waals surface area (Å²) in [5.74, 6) is -0.775. The van der Waals surface area contributed by atoms with E-state index >= 15 is 0 Å². The van der Waals surface area contributed by atoms with Crippen molar-refractivity contribution in [2.45, 2.75) is 6.36 Å². The molecular weight excluding hydrogens is 265 g/mol. The summed E-state index contributed by atoms with van der Waals surface area (Å²) in [5.41, 5.74) is 5.52. The molecular formula is C11H13F3N2O3. The van der Waals surface area contributed by atoms with Crippen LogP contribution in [0, 0.1) is 0 Å². The van der Waals surface area contributed by atoms with Crippen LogP contribution in [0.4, 0.5) is 18.9 Å². The molecule has 5 nitrogen and oxygen atoms in total. The van der Waals surface area contributed by atoms with Crippen LogP contribution in [0.1, 0.15) is 0 Å². The van der Waals surface area contributed by atoms with Crippen LogP contribution in [-0.2, 0) is 9.53 Å². The van der Waals surface area contributed by atoms with E-state index in [-0.39, 0.29) is 19.0 Å². The lowest BCUT2D eigenvalue weighted by molar-refractivity contribution is -0.274. The lowest BCUT2D eigenvalue weighted by Crippen LogP contribution is -2.20. The minimum absolute atomic E-state index is 0.169. The number of hydrogen-bond acceptors (Lipinski definition) is 4. The van der Waals surface area contributed by atoms with Crippen molar-refractivity contribution in [2.24, 2.45) is 5.73 Å². The monoisotopic (exact) mass is 278 g/mol. The van der Waals surface area contributed by atoms with Gasteiger partial charge >= 0.3 is 6.36 Å². The van der Waals surface area contributed by atoms with Gasteiger partial charge < -0.3 is 20.5 Å². The zero-order valence-corrected chi connectivity index (χ0v) is 9.87. The fourth-order valence-corrected chi connectivity index (χ4v) is 1.19. The summed E-state index contributed by atoms with van der Waals surface area (Å²) in [6.45, 7) is 0.389. The van der Waals surface area contributed by atoms with Gasteiger partial charge in [0.05, 0.1) is 6.61 Å². The number of anilines is 1. The molecule has 0 unspecified atom stereocenters. The first-order valence-corrected chi connectivity index (χ1v) is 5.34. The van der Waals surface area contributed by atoms with E-state index in [1.54, 1.807) is 0 Å². The highest BCUT2D eigenvalue weighted by Crippen LogP contribution is 2.23. The van der Waals surface area contributed by atoms with Gasteiger partial charge in [-0.1, -0.05) is 0 Å². The van der Waals surface area contributed by atoms with Crippen LogP contribution in [0.15, 0.2) is 24.3 Å². The average Bonchev–Trinajstić information content (AvgIpc) is 2.30. The maximum Gasteiger partial charge on any atom is 0.573 e. The van der Waals surface area contributed by atoms with Crippen LogP contribution < -0.4 is 15.8 Å². The fourth-order valence-electron chi connectivity index (χ4n) is 1.19. The molecule has 0 fully saturated rings. The SMILES string of the molecule is NCCOCC(=O)Nc1ccc(OC(F)(F)F)cc1. The average molecular weight is 278 g/mol. The largest absolute Gasteiger partial charge is 0.573 e. The molecule has 3 N–H and O–H groups in total. The topological polar surface area (TPSA) is 73.6 Å². The fraction of sp³-hybridized carbons (Fsp3) is 0.364. The van der Waals surface area contributed by atoms with Gasteiger partial charge in [0.1, 0.15) is 12.4 Å². The molecule has 0 saturated heterocycles. The molecule has 106 valence electrons. The smallest absolute Gasteiger partial charge is 0.406 e. The van der Waals surface area contributed by atoms with Gasteiger partial charge in [-0.05, 0) is 24.3 Å². The summed E-state index contributed by atoms with van der Waals surface area (Å²) in [7, 11) is 0. The van der Waals surface area contributed by atoms with Crippen molar-refractivity contribution in [1.82, 2.24) is 0 Å². The van der Waals surface area contributed by atoms with Gasteiger partial charge in [-0.15, -0.1) is 13.2 Å². The third kappa shape index (κ3) is 6.63. The quantitative estimate of drug-likeness (QED) is 0.773. The Hall–Kier alpha value is -1.80. The van der Waals surface area contributed by atoms with E-state index in [9.17, 15) is 18.0 Å². The first-order valence-electron chi connectivity index (χ1n) is 5.34. The third-order valence-corrected chi connectivity index (χ3v) is 1.87. The van der Waals surface area contributed by atoms with Crippen LogP contribution in [0.3, 0.4) is 0 Å². The van der Waals surface area contributed by atoms with Gasteiger partial charge in [-0.2, -0.15) is 0 Å². The van der Waals surface area contributed by atoms with E-state index in [1.807, 2.05) is 0 Å². The van der Waals surface area contributed by atoms with Crippen molar-refractivity contribution in [3.8, 4) is 5.75 Å². The summed E-state index contributed by atoms with van der Waals surface area (Å²) in [6, 6.07) is 4.79. The number of amides is 1. The molecule has 0 aliphatic rings. The molecule has 0 spiro atoms. The van der Waals surface area contributed by atoms with Crippen molar-refractivity contribution in [2.75, 3.05) is 25.1 Å². The predicted octanol–water partition coefficient (Wildman–Crippen LogP) is 1.50. The van der Waals surface area contributed by atoms with E-state index in [0.29, 0.717) is 12.2 Å². The highest BCUT2D eigenvalue weighted by atomic mass is 19.4. The van der Waals surface area contributed by atoms with Gasteiger partial charge in [-0.3, -0.25) is 4.79 Å². The van der Waals surface area contributed by atoms with Crippen LogP contribution in [-0.4, -0.2) is 32.0 Å². The Balaban J connectivity index is 2.46. The zero-order chi connectivity index (χ0) is 14.3. The summed E-state index contributed by atoms with van der Waals surface area (Å²) in [6.07, 6.45) is -4.74. The molecule has 0 atom stereocenters. The highest BCUT2D eigenvalue weighted by Gasteiger charge is 2.30. The van der Waals surface area contributed by atoms with Gasteiger partial charge in [0.25, 0.3) is 0 Å². The van der Waals surface area contributed by atoms with E-state index in [0.717, 1.165) is 12.1 Å². The van der Waals surface area contributed by atoms with E-state index < -0.39 is 12.3 Å². The number of hydrogen-bond donors (Lipinski definition) is 2. The van der Waals surface area contributed by atoms with E-state index in [1.165, 1.54) is 12.1 Å². The highest BCUT2D eigenvalue weighted by molar-refractivity contribution is 5.91. The Kier molecular flexibility index (Phi) is 5.58. The van der Waals surface area contributed by atoms with Crippen molar-refractivity contribution >= 4 is 11.6 Å². The Morgan fingerprint density at radius 3 is 2.42 bits per heavy atom. The molecule has 0 radical (unpaired) electrons. The molecule has 0 aliphatic heterocycles. The summed E-state index contributed by atoms with van der Waals surface area (Å²) >= 11 is 0. The molecule has 1 aromatic rings. The number of halogens is 3. The number of carbonyl (C=O) groups is 1. The summed E-state index contributed by atoms with van der Waals surface area (Å²) < 4.78 is 44.3. The molecule has 19 heavy (non-hydrogen) atoms. The van der Waals surface area contributed by atoms with Gasteiger partial charge in [0.15, 0.2) is 0 Å². The number of ether oxygens (including phenoxy) is 2. The van der Waals surface area contributed by atoms with Gasteiger partial charge in [0, 0.05) is 12.2 Å². The first kappa shape index (κ1) is 15.3. The normalized spacial score (nSPS) is 11.2. The Morgan fingerprint density at radius 2 is 1.89 bits per heavy atom. The van der Waals surface area contributed by atoms with Crippen molar-refractivity contribution in [3.05, 3.63) is 24.3 Å². The maximum absolute atomic E-state index is 11.9. The minimum Gasteiger partial charge on any atom is -0.406 e. The first-order chi connectivity index (χ1) is 8.90. The molecule has 8 heteroatoms. The summed E-state index contributed by atoms with van der Waals surface area (Å²) in [5, 5.41) is 2.45. The standard InChI is InChI=1S/C11H13F3N2O3/c12-11(13,14)19-9-3-1-8(2-4-9)16-10(17)7-18-6-5-15/h1-4H,5-7,15H2,(H,16,17). The molecule has 1 rings (SSSR count). The Labute approximate surface area is 107 Å². The molecule has 1 aromatic carbocycles. The molecule has 0 aromatic heterocycles. The lowest BCUT2D eigenvalue weighted by atomic mass is 10.3. The number of nitrogens with one attached hydrogen (secondary N) is 1. The van der Waals surface area contributed by atoms with Crippen molar-refractivity contribution in [3.63, 3.8) is 0 Å². The Morgan fingerprint density at radius 1 is 1.26 bits per heavy atom. The Bertz CT molecular complexity index is 407. The third-order valence-electron chi connectivity index (χ3n) is 1.87.